The Morgan fingerprint density at radius 3 is 2.53 bits per heavy atom. The molecule has 2 heterocycles. The molecular weight excluding hydrogens is 265 g/mol. The number of nitrogens with zero attached hydrogens (tertiary/aromatic N) is 3. The number of pyridine rings is 1. The van der Waals surface area contributed by atoms with Crippen LogP contribution in [0.15, 0.2) is 30.3 Å². The van der Waals surface area contributed by atoms with Crippen LogP contribution in [0.3, 0.4) is 0 Å². The Morgan fingerprint density at radius 2 is 1.84 bits per heavy atom. The van der Waals surface area contributed by atoms with Gasteiger partial charge in [-0.2, -0.15) is 0 Å². The first-order valence-electron chi connectivity index (χ1n) is 5.82. The summed E-state index contributed by atoms with van der Waals surface area (Å²) in [5, 5.41) is 0.575. The van der Waals surface area contributed by atoms with E-state index in [0.717, 1.165) is 22.7 Å². The first-order valence-corrected chi connectivity index (χ1v) is 6.19. The molecule has 1 aromatic carbocycles. The van der Waals surface area contributed by atoms with Crippen LogP contribution in [0, 0.1) is 12.7 Å². The molecule has 19 heavy (non-hydrogen) atoms. The van der Waals surface area contributed by atoms with E-state index >= 15 is 0 Å². The van der Waals surface area contributed by atoms with E-state index in [4.69, 9.17) is 11.6 Å². The van der Waals surface area contributed by atoms with E-state index in [-0.39, 0.29) is 5.82 Å². The molecule has 0 bridgehead atoms. The average Bonchev–Trinajstić information content (AvgIpc) is 2.69. The van der Waals surface area contributed by atoms with Crippen LogP contribution in [0.25, 0.3) is 22.6 Å². The molecule has 0 aliphatic carbocycles. The third-order valence-electron chi connectivity index (χ3n) is 3.01. The number of imidazole rings is 1. The molecule has 0 saturated carbocycles. The molecule has 96 valence electrons. The minimum absolute atomic E-state index is 0.269. The minimum atomic E-state index is -0.269. The fourth-order valence-corrected chi connectivity index (χ4v) is 2.37. The number of aryl methyl sites for hydroxylation is 2. The van der Waals surface area contributed by atoms with Gasteiger partial charge >= 0.3 is 0 Å². The van der Waals surface area contributed by atoms with E-state index in [1.807, 2.05) is 18.5 Å². The van der Waals surface area contributed by atoms with Crippen molar-refractivity contribution >= 4 is 22.8 Å². The molecule has 0 atom stereocenters. The molecule has 0 N–H and O–H groups in total. The van der Waals surface area contributed by atoms with Crippen LogP contribution >= 0.6 is 11.6 Å². The normalized spacial score (nSPS) is 11.2. The Hall–Kier alpha value is -1.94. The number of fused-ring (bicyclic) bond motifs is 1. The van der Waals surface area contributed by atoms with E-state index in [0.29, 0.717) is 10.5 Å². The predicted octanol–water partition coefficient (Wildman–Crippen LogP) is 3.74. The number of benzene rings is 1. The largest absolute Gasteiger partial charge is 0.312 e. The van der Waals surface area contributed by atoms with Crippen LogP contribution in [0.1, 0.15) is 5.69 Å². The fourth-order valence-electron chi connectivity index (χ4n) is 2.09. The van der Waals surface area contributed by atoms with Crippen molar-refractivity contribution in [2.45, 2.75) is 6.92 Å². The monoisotopic (exact) mass is 275 g/mol. The highest BCUT2D eigenvalue weighted by Crippen LogP contribution is 2.27. The van der Waals surface area contributed by atoms with Gasteiger partial charge in [0, 0.05) is 18.3 Å². The molecule has 3 nitrogen and oxygen atoms in total. The highest BCUT2D eigenvalue weighted by Gasteiger charge is 2.14. The molecule has 0 amide bonds. The molecule has 0 aliphatic rings. The lowest BCUT2D eigenvalue weighted by molar-refractivity contribution is 0.628. The first-order chi connectivity index (χ1) is 9.06. The van der Waals surface area contributed by atoms with Crippen molar-refractivity contribution in [2.75, 3.05) is 0 Å². The number of rotatable bonds is 1. The Kier molecular flexibility index (Phi) is 2.75. The first kappa shape index (κ1) is 12.1. The maximum Gasteiger partial charge on any atom is 0.161 e. The zero-order valence-corrected chi connectivity index (χ0v) is 11.2. The maximum atomic E-state index is 13.0. The van der Waals surface area contributed by atoms with Gasteiger partial charge in [0.05, 0.1) is 5.02 Å². The van der Waals surface area contributed by atoms with Gasteiger partial charge in [0.1, 0.15) is 17.2 Å². The summed E-state index contributed by atoms with van der Waals surface area (Å²) in [6.07, 6.45) is 0. The fraction of sp³-hybridized carbons (Fsp3) is 0.143. The molecular formula is C14H11ClFN3. The predicted molar refractivity (Wildman–Crippen MR) is 73.7 cm³/mol. The van der Waals surface area contributed by atoms with E-state index < -0.39 is 0 Å². The molecule has 2 aromatic heterocycles. The Balaban J connectivity index is 2.28. The summed E-state index contributed by atoms with van der Waals surface area (Å²) in [6.45, 7) is 1.88. The highest BCUT2D eigenvalue weighted by atomic mass is 35.5. The van der Waals surface area contributed by atoms with E-state index in [1.54, 1.807) is 18.2 Å². The smallest absolute Gasteiger partial charge is 0.161 e. The van der Waals surface area contributed by atoms with Gasteiger partial charge in [-0.3, -0.25) is 0 Å². The highest BCUT2D eigenvalue weighted by molar-refractivity contribution is 6.34. The van der Waals surface area contributed by atoms with E-state index in [2.05, 4.69) is 9.97 Å². The van der Waals surface area contributed by atoms with Gasteiger partial charge in [0.25, 0.3) is 0 Å². The average molecular weight is 276 g/mol. The Labute approximate surface area is 114 Å². The lowest BCUT2D eigenvalue weighted by Crippen LogP contribution is -1.94. The number of hydrogen-bond donors (Lipinski definition) is 0. The van der Waals surface area contributed by atoms with Crippen LogP contribution in [0.4, 0.5) is 4.39 Å². The Morgan fingerprint density at radius 1 is 1.16 bits per heavy atom. The van der Waals surface area contributed by atoms with Crippen LogP contribution < -0.4 is 0 Å². The summed E-state index contributed by atoms with van der Waals surface area (Å²) in [5.41, 5.74) is 3.06. The molecule has 0 aliphatic heterocycles. The van der Waals surface area contributed by atoms with Crippen molar-refractivity contribution in [1.29, 1.82) is 0 Å². The standard InChI is InChI=1S/C14H11ClFN3/c1-8-7-11(15)12-14(17-8)19(2)13(18-12)9-3-5-10(16)6-4-9/h3-7H,1-2H3. The van der Waals surface area contributed by atoms with Crippen molar-refractivity contribution in [3.63, 3.8) is 0 Å². The minimum Gasteiger partial charge on any atom is -0.312 e. The van der Waals surface area contributed by atoms with Crippen molar-refractivity contribution in [1.82, 2.24) is 14.5 Å². The lowest BCUT2D eigenvalue weighted by atomic mass is 10.2. The van der Waals surface area contributed by atoms with Crippen molar-refractivity contribution < 1.29 is 4.39 Å². The third kappa shape index (κ3) is 1.98. The van der Waals surface area contributed by atoms with Gasteiger partial charge in [-0.25, -0.2) is 14.4 Å². The van der Waals surface area contributed by atoms with Crippen LogP contribution in [-0.4, -0.2) is 14.5 Å². The van der Waals surface area contributed by atoms with Crippen LogP contribution in [0.5, 0.6) is 0 Å². The molecule has 0 radical (unpaired) electrons. The van der Waals surface area contributed by atoms with Gasteiger partial charge < -0.3 is 4.57 Å². The van der Waals surface area contributed by atoms with E-state index in [1.165, 1.54) is 12.1 Å². The van der Waals surface area contributed by atoms with Crippen molar-refractivity contribution in [3.05, 3.63) is 46.9 Å². The molecule has 0 fully saturated rings. The maximum absolute atomic E-state index is 13.0. The lowest BCUT2D eigenvalue weighted by Gasteiger charge is -2.02. The second-order valence-corrected chi connectivity index (χ2v) is 4.83. The van der Waals surface area contributed by atoms with Gasteiger partial charge in [-0.1, -0.05) is 11.6 Å². The molecule has 5 heteroatoms. The van der Waals surface area contributed by atoms with Crippen molar-refractivity contribution in [3.8, 4) is 11.4 Å². The van der Waals surface area contributed by atoms with Crippen LogP contribution in [0.2, 0.25) is 5.02 Å². The third-order valence-corrected chi connectivity index (χ3v) is 3.30. The summed E-state index contributed by atoms with van der Waals surface area (Å²) in [7, 11) is 1.87. The van der Waals surface area contributed by atoms with Crippen LogP contribution in [-0.2, 0) is 7.05 Å². The number of hydrogen-bond acceptors (Lipinski definition) is 2. The second-order valence-electron chi connectivity index (χ2n) is 4.42. The van der Waals surface area contributed by atoms with Gasteiger partial charge in [0.15, 0.2) is 5.65 Å². The molecule has 0 saturated heterocycles. The topological polar surface area (TPSA) is 30.7 Å². The van der Waals surface area contributed by atoms with E-state index in [9.17, 15) is 4.39 Å². The molecule has 0 spiro atoms. The zero-order valence-electron chi connectivity index (χ0n) is 10.5. The van der Waals surface area contributed by atoms with Gasteiger partial charge in [-0.15, -0.1) is 0 Å². The second kappa shape index (κ2) is 4.31. The summed E-state index contributed by atoms with van der Waals surface area (Å²) >= 11 is 6.18. The quantitative estimate of drug-likeness (QED) is 0.677. The molecule has 3 aromatic rings. The van der Waals surface area contributed by atoms with Crippen molar-refractivity contribution in [2.24, 2.45) is 7.05 Å². The summed E-state index contributed by atoms with van der Waals surface area (Å²) in [4.78, 5) is 8.94. The SMILES string of the molecule is Cc1cc(Cl)c2nc(-c3ccc(F)cc3)n(C)c2n1. The number of aromatic nitrogens is 3. The van der Waals surface area contributed by atoms with Gasteiger partial charge in [-0.05, 0) is 37.3 Å². The summed E-state index contributed by atoms with van der Waals surface area (Å²) in [6, 6.07) is 7.99. The Bertz CT molecular complexity index is 762. The number of halogens is 2. The molecule has 0 unspecified atom stereocenters. The molecule has 3 rings (SSSR count). The summed E-state index contributed by atoms with van der Waals surface area (Å²) in [5.74, 6) is 0.449. The zero-order chi connectivity index (χ0) is 13.6. The summed E-state index contributed by atoms with van der Waals surface area (Å²) < 4.78 is 14.8. The van der Waals surface area contributed by atoms with Gasteiger partial charge in [0.2, 0.25) is 0 Å².